The molecule has 3 aliphatic carbocycles. The van der Waals surface area contributed by atoms with Crippen LogP contribution in [0.2, 0.25) is 0 Å². The molecule has 0 amide bonds. The minimum absolute atomic E-state index is 0.198. The second-order valence-corrected chi connectivity index (χ2v) is 20.2. The fourth-order valence-electron chi connectivity index (χ4n) is 13.2. The van der Waals surface area contributed by atoms with Crippen molar-refractivity contribution in [2.45, 2.75) is 24.7 Å². The van der Waals surface area contributed by atoms with Crippen LogP contribution in [0.3, 0.4) is 0 Å². The summed E-state index contributed by atoms with van der Waals surface area (Å²) in [7, 11) is 0. The molecule has 2 heterocycles. The van der Waals surface area contributed by atoms with Crippen molar-refractivity contribution in [1.29, 1.82) is 0 Å². The number of fused-ring (bicyclic) bond motifs is 16. The Hall–Kier alpha value is -9.05. The van der Waals surface area contributed by atoms with Crippen LogP contribution in [-0.4, -0.2) is 9.61 Å². The fraction of sp³-hybridized carbons (Fsp3) is 0.0580. The number of anilines is 3. The number of benzene rings is 10. The first-order valence-corrected chi connectivity index (χ1v) is 25.1. The van der Waals surface area contributed by atoms with E-state index in [9.17, 15) is 0 Å². The molecule has 338 valence electrons. The monoisotopic (exact) mass is 917 g/mol. The van der Waals surface area contributed by atoms with E-state index in [1.807, 2.05) is 0 Å². The van der Waals surface area contributed by atoms with Gasteiger partial charge in [0, 0.05) is 44.1 Å². The van der Waals surface area contributed by atoms with Crippen molar-refractivity contribution in [2.75, 3.05) is 4.90 Å². The van der Waals surface area contributed by atoms with E-state index in [4.69, 9.17) is 5.10 Å². The highest BCUT2D eigenvalue weighted by molar-refractivity contribution is 6.14. The van der Waals surface area contributed by atoms with Gasteiger partial charge in [-0.1, -0.05) is 232 Å². The van der Waals surface area contributed by atoms with Gasteiger partial charge >= 0.3 is 0 Å². The van der Waals surface area contributed by atoms with Gasteiger partial charge in [-0.3, -0.25) is 0 Å². The standard InChI is InChI=1S/C69H47N3/c1-68(2)55-33-16-15-31-53(55)65-59(68)37-21-39-62(65)71(47-40-41-51-50-30-14-19-36-58(50)69(60(51)42-47)56-34-17-12-28-48(56)49-29-13-18-35-57(49)69)61-38-20-32-52-54(61)43-63(44-22-6-3-7-23-44)72-67(52)64(45-24-8-4-9-25-45)66(70-72)46-26-10-5-11-27-46/h3-43H,1-2H3. The van der Waals surface area contributed by atoms with Crippen LogP contribution in [0, 0.1) is 0 Å². The summed E-state index contributed by atoms with van der Waals surface area (Å²) in [4.78, 5) is 2.59. The molecule has 0 aliphatic heterocycles. The zero-order valence-corrected chi connectivity index (χ0v) is 40.0. The molecule has 15 rings (SSSR count). The first-order valence-electron chi connectivity index (χ1n) is 25.1. The summed E-state index contributed by atoms with van der Waals surface area (Å²) in [5, 5.41) is 7.87. The van der Waals surface area contributed by atoms with E-state index < -0.39 is 5.41 Å². The third kappa shape index (κ3) is 5.48. The zero-order chi connectivity index (χ0) is 47.7. The molecule has 10 aromatic carbocycles. The number of rotatable bonds is 6. The molecule has 0 atom stereocenters. The van der Waals surface area contributed by atoms with Crippen LogP contribution in [0.1, 0.15) is 47.2 Å². The van der Waals surface area contributed by atoms with E-state index in [2.05, 4.69) is 272 Å². The second kappa shape index (κ2) is 15.2. The van der Waals surface area contributed by atoms with E-state index in [-0.39, 0.29) is 5.41 Å². The summed E-state index contributed by atoms with van der Waals surface area (Å²) >= 11 is 0. The third-order valence-electron chi connectivity index (χ3n) is 16.2. The Morgan fingerprint density at radius 1 is 0.361 bits per heavy atom. The zero-order valence-electron chi connectivity index (χ0n) is 40.0. The Morgan fingerprint density at radius 3 is 1.50 bits per heavy atom. The maximum Gasteiger partial charge on any atom is 0.101 e. The van der Waals surface area contributed by atoms with Crippen LogP contribution in [0.5, 0.6) is 0 Å². The number of pyridine rings is 1. The van der Waals surface area contributed by atoms with Crippen molar-refractivity contribution in [1.82, 2.24) is 9.61 Å². The molecule has 0 unspecified atom stereocenters. The summed E-state index contributed by atoms with van der Waals surface area (Å²) in [6.07, 6.45) is 0. The molecule has 12 aromatic rings. The molecule has 0 bridgehead atoms. The van der Waals surface area contributed by atoms with Crippen molar-refractivity contribution in [2.24, 2.45) is 0 Å². The van der Waals surface area contributed by atoms with Gasteiger partial charge in [0.05, 0.1) is 28.0 Å². The number of hydrogen-bond donors (Lipinski definition) is 0. The van der Waals surface area contributed by atoms with E-state index >= 15 is 0 Å². The summed E-state index contributed by atoms with van der Waals surface area (Å²) in [5.74, 6) is 0. The van der Waals surface area contributed by atoms with Gasteiger partial charge in [0.15, 0.2) is 0 Å². The van der Waals surface area contributed by atoms with Gasteiger partial charge in [-0.2, -0.15) is 5.10 Å². The molecule has 72 heavy (non-hydrogen) atoms. The van der Waals surface area contributed by atoms with Crippen molar-refractivity contribution < 1.29 is 0 Å². The highest BCUT2D eigenvalue weighted by atomic mass is 15.2. The van der Waals surface area contributed by atoms with Gasteiger partial charge in [0.1, 0.15) is 5.69 Å². The third-order valence-corrected chi connectivity index (χ3v) is 16.2. The van der Waals surface area contributed by atoms with Crippen molar-refractivity contribution in [3.63, 3.8) is 0 Å². The molecule has 0 N–H and O–H groups in total. The Kier molecular flexibility index (Phi) is 8.63. The smallest absolute Gasteiger partial charge is 0.101 e. The average Bonchev–Trinajstić information content (AvgIpc) is 4.15. The summed E-state index contributed by atoms with van der Waals surface area (Å²) in [6.45, 7) is 4.76. The molecule has 2 aromatic heterocycles. The molecule has 0 fully saturated rings. The molecular weight excluding hydrogens is 871 g/mol. The van der Waals surface area contributed by atoms with Crippen LogP contribution < -0.4 is 4.90 Å². The summed E-state index contributed by atoms with van der Waals surface area (Å²) in [5.41, 5.74) is 25.8. The number of hydrogen-bond acceptors (Lipinski definition) is 2. The predicted molar refractivity (Wildman–Crippen MR) is 298 cm³/mol. The molecule has 3 heteroatoms. The molecule has 3 aliphatic rings. The van der Waals surface area contributed by atoms with Crippen LogP contribution in [-0.2, 0) is 10.8 Å². The van der Waals surface area contributed by atoms with Gasteiger partial charge in [-0.05, 0) is 97.1 Å². The lowest BCUT2D eigenvalue weighted by atomic mass is 9.70. The first-order chi connectivity index (χ1) is 35.5. The van der Waals surface area contributed by atoms with Crippen LogP contribution in [0.4, 0.5) is 17.1 Å². The van der Waals surface area contributed by atoms with E-state index in [1.165, 1.54) is 66.8 Å². The van der Waals surface area contributed by atoms with E-state index in [0.717, 1.165) is 67.0 Å². The lowest BCUT2D eigenvalue weighted by molar-refractivity contribution is 0.660. The van der Waals surface area contributed by atoms with E-state index in [0.29, 0.717) is 0 Å². The molecule has 0 radical (unpaired) electrons. The summed E-state index contributed by atoms with van der Waals surface area (Å²) in [6, 6.07) is 92.2. The largest absolute Gasteiger partial charge is 0.309 e. The van der Waals surface area contributed by atoms with Gasteiger partial charge in [0.25, 0.3) is 0 Å². The highest BCUT2D eigenvalue weighted by Crippen LogP contribution is 2.64. The first kappa shape index (κ1) is 40.8. The van der Waals surface area contributed by atoms with Crippen molar-refractivity contribution >= 4 is 33.4 Å². The van der Waals surface area contributed by atoms with Crippen molar-refractivity contribution in [3.05, 3.63) is 282 Å². The average molecular weight is 918 g/mol. The van der Waals surface area contributed by atoms with Crippen LogP contribution >= 0.6 is 0 Å². The lowest BCUT2D eigenvalue weighted by Crippen LogP contribution is -2.26. The molecule has 1 spiro atoms. The topological polar surface area (TPSA) is 20.5 Å². The number of nitrogens with zero attached hydrogens (tertiary/aromatic N) is 3. The second-order valence-electron chi connectivity index (χ2n) is 20.2. The van der Waals surface area contributed by atoms with Gasteiger partial charge in [-0.25, -0.2) is 4.52 Å². The Labute approximate surface area is 419 Å². The van der Waals surface area contributed by atoms with Crippen LogP contribution in [0.25, 0.3) is 83.3 Å². The Balaban J connectivity index is 1.08. The Bertz CT molecular complexity index is 4120. The quantitative estimate of drug-likeness (QED) is 0.166. The fourth-order valence-corrected chi connectivity index (χ4v) is 13.2. The minimum Gasteiger partial charge on any atom is -0.309 e. The molecule has 3 nitrogen and oxygen atoms in total. The van der Waals surface area contributed by atoms with Crippen LogP contribution in [0.15, 0.2) is 249 Å². The lowest BCUT2D eigenvalue weighted by Gasteiger charge is -2.33. The van der Waals surface area contributed by atoms with E-state index in [1.54, 1.807) is 0 Å². The maximum atomic E-state index is 5.60. The van der Waals surface area contributed by atoms with Gasteiger partial charge in [-0.15, -0.1) is 0 Å². The van der Waals surface area contributed by atoms with Gasteiger partial charge < -0.3 is 4.90 Å². The summed E-state index contributed by atoms with van der Waals surface area (Å²) < 4.78 is 2.21. The molecular formula is C69H47N3. The Morgan fingerprint density at radius 2 is 0.861 bits per heavy atom. The number of aromatic nitrogens is 2. The minimum atomic E-state index is -0.505. The van der Waals surface area contributed by atoms with Crippen molar-refractivity contribution in [3.8, 4) is 67.0 Å². The predicted octanol–water partition coefficient (Wildman–Crippen LogP) is 17.6. The van der Waals surface area contributed by atoms with Gasteiger partial charge in [0.2, 0.25) is 0 Å². The maximum absolute atomic E-state index is 5.60. The SMILES string of the molecule is CC1(C)c2ccccc2-c2c(N(c3ccc4c(c3)C3(c5ccccc5-c5ccccc53)c3ccccc3-4)c3cccc4c3cc(-c3ccccc3)n3nc(-c5ccccc5)c(-c5ccccc5)c43)cccc21. The highest BCUT2D eigenvalue weighted by Gasteiger charge is 2.52. The normalized spacial score (nSPS) is 13.9. The molecule has 0 saturated carbocycles. The molecule has 0 saturated heterocycles.